The fourth-order valence-electron chi connectivity index (χ4n) is 2.42. The number of amides is 1. The molecule has 3 aromatic rings. The van der Waals surface area contributed by atoms with E-state index in [9.17, 15) is 9.59 Å². The molecule has 0 saturated carbocycles. The number of aryl methyl sites for hydroxylation is 1. The summed E-state index contributed by atoms with van der Waals surface area (Å²) < 4.78 is 6.80. The van der Waals surface area contributed by atoms with E-state index in [1.54, 1.807) is 24.3 Å². The molecule has 1 amide bonds. The smallest absolute Gasteiger partial charge is 0.271 e. The first kappa shape index (κ1) is 17.4. The first-order valence-electron chi connectivity index (χ1n) is 8.27. The molecule has 0 atom stereocenters. The highest BCUT2D eigenvalue weighted by Gasteiger charge is 2.10. The van der Waals surface area contributed by atoms with Crippen LogP contribution in [0.4, 0.5) is 0 Å². The summed E-state index contributed by atoms with van der Waals surface area (Å²) in [6.45, 7) is 2.66. The van der Waals surface area contributed by atoms with Gasteiger partial charge in [0, 0.05) is 6.07 Å². The van der Waals surface area contributed by atoms with Crippen molar-refractivity contribution in [2.75, 3.05) is 13.2 Å². The van der Waals surface area contributed by atoms with Gasteiger partial charge in [-0.15, -0.1) is 0 Å². The first-order chi connectivity index (χ1) is 12.6. The van der Waals surface area contributed by atoms with Gasteiger partial charge in [0.15, 0.2) is 0 Å². The Morgan fingerprint density at radius 2 is 1.88 bits per heavy atom. The molecule has 3 rings (SSSR count). The lowest BCUT2D eigenvalue weighted by atomic mass is 10.2. The highest BCUT2D eigenvalue weighted by molar-refractivity contribution is 5.92. The average molecular weight is 349 g/mol. The number of benzene rings is 2. The molecule has 0 fully saturated rings. The number of ether oxygens (including phenoxy) is 1. The van der Waals surface area contributed by atoms with Gasteiger partial charge in [0.2, 0.25) is 0 Å². The van der Waals surface area contributed by atoms with Gasteiger partial charge >= 0.3 is 0 Å². The molecule has 132 valence electrons. The fourth-order valence-corrected chi connectivity index (χ4v) is 2.42. The van der Waals surface area contributed by atoms with Gasteiger partial charge in [-0.25, -0.2) is 0 Å². The maximum Gasteiger partial charge on any atom is 0.271 e. The standard InChI is InChI=1S/C20H19N3O3/c1-15-6-5-9-17(14-15)26-13-12-21-20(25)18-10-11-19(24)23(22-18)16-7-3-2-4-8-16/h2-11,14H,12-13H2,1H3,(H,21,25). The Morgan fingerprint density at radius 1 is 1.08 bits per heavy atom. The van der Waals surface area contributed by atoms with E-state index in [1.165, 1.54) is 16.8 Å². The van der Waals surface area contributed by atoms with E-state index in [0.29, 0.717) is 18.8 Å². The van der Waals surface area contributed by atoms with Crippen LogP contribution >= 0.6 is 0 Å². The van der Waals surface area contributed by atoms with Crippen LogP contribution in [0, 0.1) is 6.92 Å². The van der Waals surface area contributed by atoms with Gasteiger partial charge in [0.05, 0.1) is 12.2 Å². The summed E-state index contributed by atoms with van der Waals surface area (Å²) in [5, 5.41) is 6.88. The summed E-state index contributed by atoms with van der Waals surface area (Å²) in [6, 6.07) is 19.4. The van der Waals surface area contributed by atoms with Gasteiger partial charge in [-0.1, -0.05) is 30.3 Å². The van der Waals surface area contributed by atoms with Crippen molar-refractivity contribution in [3.63, 3.8) is 0 Å². The predicted octanol–water partition coefficient (Wildman–Crippen LogP) is 2.35. The van der Waals surface area contributed by atoms with Gasteiger partial charge in [0.1, 0.15) is 18.1 Å². The van der Waals surface area contributed by atoms with Crippen molar-refractivity contribution in [3.8, 4) is 11.4 Å². The van der Waals surface area contributed by atoms with Crippen LogP contribution in [-0.4, -0.2) is 28.8 Å². The molecule has 0 radical (unpaired) electrons. The Bertz CT molecular complexity index is 952. The highest BCUT2D eigenvalue weighted by Crippen LogP contribution is 2.11. The third kappa shape index (κ3) is 4.36. The van der Waals surface area contributed by atoms with Gasteiger partial charge < -0.3 is 10.1 Å². The Morgan fingerprint density at radius 3 is 2.65 bits per heavy atom. The van der Waals surface area contributed by atoms with E-state index in [0.717, 1.165) is 11.3 Å². The lowest BCUT2D eigenvalue weighted by Gasteiger charge is -2.09. The van der Waals surface area contributed by atoms with Gasteiger partial charge in [-0.05, 0) is 42.8 Å². The van der Waals surface area contributed by atoms with Crippen molar-refractivity contribution in [2.24, 2.45) is 0 Å². The SMILES string of the molecule is Cc1cccc(OCCNC(=O)c2ccc(=O)n(-c3ccccc3)n2)c1. The van der Waals surface area contributed by atoms with Crippen LogP contribution in [0.3, 0.4) is 0 Å². The number of hydrogen-bond donors (Lipinski definition) is 1. The van der Waals surface area contributed by atoms with Gasteiger partial charge in [-0.3, -0.25) is 9.59 Å². The summed E-state index contributed by atoms with van der Waals surface area (Å²) in [4.78, 5) is 24.2. The lowest BCUT2D eigenvalue weighted by Crippen LogP contribution is -2.31. The molecule has 0 spiro atoms. The molecule has 2 aromatic carbocycles. The minimum absolute atomic E-state index is 0.170. The summed E-state index contributed by atoms with van der Waals surface area (Å²) in [5.41, 5.74) is 1.59. The van der Waals surface area contributed by atoms with E-state index in [2.05, 4.69) is 10.4 Å². The van der Waals surface area contributed by atoms with Crippen LogP contribution in [0.25, 0.3) is 5.69 Å². The average Bonchev–Trinajstić information content (AvgIpc) is 2.66. The molecule has 1 N–H and O–H groups in total. The van der Waals surface area contributed by atoms with Gasteiger partial charge in [0.25, 0.3) is 11.5 Å². The minimum Gasteiger partial charge on any atom is -0.492 e. The Balaban J connectivity index is 1.61. The number of nitrogens with zero attached hydrogens (tertiary/aromatic N) is 2. The van der Waals surface area contributed by atoms with Crippen LogP contribution in [-0.2, 0) is 0 Å². The number of nitrogens with one attached hydrogen (secondary N) is 1. The summed E-state index contributed by atoms with van der Waals surface area (Å²) in [6.07, 6.45) is 0. The van der Waals surface area contributed by atoms with Crippen molar-refractivity contribution < 1.29 is 9.53 Å². The molecule has 26 heavy (non-hydrogen) atoms. The number of carbonyl (C=O) groups is 1. The zero-order chi connectivity index (χ0) is 18.4. The normalized spacial score (nSPS) is 10.3. The molecule has 0 bridgehead atoms. The van der Waals surface area contributed by atoms with Gasteiger partial charge in [-0.2, -0.15) is 9.78 Å². The molecule has 6 nitrogen and oxygen atoms in total. The van der Waals surface area contributed by atoms with E-state index in [4.69, 9.17) is 4.74 Å². The highest BCUT2D eigenvalue weighted by atomic mass is 16.5. The maximum absolute atomic E-state index is 12.3. The third-order valence-electron chi connectivity index (χ3n) is 3.68. The topological polar surface area (TPSA) is 73.2 Å². The predicted molar refractivity (Wildman–Crippen MR) is 98.8 cm³/mol. The summed E-state index contributed by atoms with van der Waals surface area (Å²) in [7, 11) is 0. The zero-order valence-electron chi connectivity index (χ0n) is 14.4. The number of aromatic nitrogens is 2. The molecule has 0 aliphatic carbocycles. The van der Waals surface area contributed by atoms with Crippen molar-refractivity contribution in [1.82, 2.24) is 15.1 Å². The Labute approximate surface area is 151 Å². The second-order valence-corrected chi connectivity index (χ2v) is 5.73. The Hall–Kier alpha value is -3.41. The van der Waals surface area contributed by atoms with Crippen molar-refractivity contribution in [2.45, 2.75) is 6.92 Å². The van der Waals surface area contributed by atoms with Crippen molar-refractivity contribution in [1.29, 1.82) is 0 Å². The lowest BCUT2D eigenvalue weighted by molar-refractivity contribution is 0.0940. The van der Waals surface area contributed by atoms with E-state index < -0.39 is 0 Å². The number of carbonyl (C=O) groups excluding carboxylic acids is 1. The number of para-hydroxylation sites is 1. The second-order valence-electron chi connectivity index (χ2n) is 5.73. The monoisotopic (exact) mass is 349 g/mol. The third-order valence-corrected chi connectivity index (χ3v) is 3.68. The fraction of sp³-hybridized carbons (Fsp3) is 0.150. The number of hydrogen-bond acceptors (Lipinski definition) is 4. The first-order valence-corrected chi connectivity index (χ1v) is 8.27. The van der Waals surface area contributed by atoms with Crippen molar-refractivity contribution in [3.05, 3.63) is 88.3 Å². The van der Waals surface area contributed by atoms with Crippen LogP contribution in [0.1, 0.15) is 16.1 Å². The summed E-state index contributed by atoms with van der Waals surface area (Å²) in [5.74, 6) is 0.400. The molecule has 0 aliphatic rings. The molecular formula is C20H19N3O3. The molecule has 0 aliphatic heterocycles. The largest absolute Gasteiger partial charge is 0.492 e. The zero-order valence-corrected chi connectivity index (χ0v) is 14.4. The minimum atomic E-state index is -0.359. The van der Waals surface area contributed by atoms with E-state index in [-0.39, 0.29) is 17.2 Å². The van der Waals surface area contributed by atoms with Crippen molar-refractivity contribution >= 4 is 5.91 Å². The van der Waals surface area contributed by atoms with Crippen LogP contribution in [0.15, 0.2) is 71.5 Å². The molecule has 6 heteroatoms. The van der Waals surface area contributed by atoms with Crippen LogP contribution in [0.2, 0.25) is 0 Å². The molecule has 0 saturated heterocycles. The molecule has 1 heterocycles. The van der Waals surface area contributed by atoms with Crippen LogP contribution < -0.4 is 15.6 Å². The molecular weight excluding hydrogens is 330 g/mol. The molecule has 0 unspecified atom stereocenters. The van der Waals surface area contributed by atoms with E-state index in [1.807, 2.05) is 37.3 Å². The second kappa shape index (κ2) is 8.11. The Kier molecular flexibility index (Phi) is 5.43. The molecule has 1 aromatic heterocycles. The summed E-state index contributed by atoms with van der Waals surface area (Å²) >= 11 is 0. The number of rotatable bonds is 6. The quantitative estimate of drug-likeness (QED) is 0.693. The maximum atomic E-state index is 12.3. The van der Waals surface area contributed by atoms with Crippen LogP contribution in [0.5, 0.6) is 5.75 Å². The van der Waals surface area contributed by atoms with E-state index >= 15 is 0 Å².